The first-order valence-electron chi connectivity index (χ1n) is 7.80. The van der Waals surface area contributed by atoms with E-state index in [9.17, 15) is 9.90 Å². The van der Waals surface area contributed by atoms with E-state index in [1.54, 1.807) is 7.11 Å². The van der Waals surface area contributed by atoms with E-state index in [1.807, 2.05) is 65.4 Å². The zero-order chi connectivity index (χ0) is 16.9. The summed E-state index contributed by atoms with van der Waals surface area (Å²) in [6.45, 7) is 0.352. The molecule has 1 atom stereocenters. The Kier molecular flexibility index (Phi) is 4.82. The molecule has 3 aromatic rings. The molecular weight excluding hydrogens is 304 g/mol. The second-order valence-corrected chi connectivity index (χ2v) is 5.57. The van der Waals surface area contributed by atoms with Crippen molar-refractivity contribution in [3.8, 4) is 5.75 Å². The highest BCUT2D eigenvalue weighted by atomic mass is 16.5. The summed E-state index contributed by atoms with van der Waals surface area (Å²) in [5.74, 6) is 0.572. The summed E-state index contributed by atoms with van der Waals surface area (Å²) < 4.78 is 7.22. The van der Waals surface area contributed by atoms with E-state index < -0.39 is 6.10 Å². The molecule has 1 heterocycles. The standard InChI is InChI=1S/C19H20N2O3/c1-24-17-9-5-8-15-10-11-21(19(15)17)13-18(23)20-12-16(22)14-6-3-2-4-7-14/h2-11,16,22H,12-13H2,1H3,(H,20,23). The fraction of sp³-hybridized carbons (Fsp3) is 0.211. The van der Waals surface area contributed by atoms with Gasteiger partial charge < -0.3 is 19.7 Å². The van der Waals surface area contributed by atoms with Gasteiger partial charge in [-0.05, 0) is 17.7 Å². The third-order valence-electron chi connectivity index (χ3n) is 3.96. The zero-order valence-electron chi connectivity index (χ0n) is 13.5. The van der Waals surface area contributed by atoms with E-state index in [-0.39, 0.29) is 19.0 Å². The van der Waals surface area contributed by atoms with Crippen LogP contribution in [0.3, 0.4) is 0 Å². The highest BCUT2D eigenvalue weighted by molar-refractivity contribution is 5.87. The molecule has 5 heteroatoms. The smallest absolute Gasteiger partial charge is 0.240 e. The second kappa shape index (κ2) is 7.19. The van der Waals surface area contributed by atoms with Crippen LogP contribution in [0.1, 0.15) is 11.7 Å². The number of nitrogens with one attached hydrogen (secondary N) is 1. The molecule has 0 aliphatic heterocycles. The Balaban J connectivity index is 1.65. The molecule has 0 bridgehead atoms. The normalized spacial score (nSPS) is 12.1. The Morgan fingerprint density at radius 2 is 1.96 bits per heavy atom. The van der Waals surface area contributed by atoms with E-state index in [4.69, 9.17) is 4.74 Å². The number of aromatic nitrogens is 1. The Morgan fingerprint density at radius 3 is 2.71 bits per heavy atom. The molecule has 3 rings (SSSR count). The lowest BCUT2D eigenvalue weighted by atomic mass is 10.1. The monoisotopic (exact) mass is 324 g/mol. The van der Waals surface area contributed by atoms with E-state index in [0.717, 1.165) is 22.2 Å². The molecule has 0 aliphatic carbocycles. The van der Waals surface area contributed by atoms with Crippen LogP contribution in [0.5, 0.6) is 5.75 Å². The Morgan fingerprint density at radius 1 is 1.17 bits per heavy atom. The summed E-state index contributed by atoms with van der Waals surface area (Å²) in [5.41, 5.74) is 1.67. The lowest BCUT2D eigenvalue weighted by Crippen LogP contribution is -2.31. The number of nitrogens with zero attached hydrogens (tertiary/aromatic N) is 1. The summed E-state index contributed by atoms with van der Waals surface area (Å²) in [6, 6.07) is 17.0. The first-order chi connectivity index (χ1) is 11.7. The van der Waals surface area contributed by atoms with Crippen LogP contribution < -0.4 is 10.1 Å². The number of carbonyl (C=O) groups is 1. The summed E-state index contributed by atoms with van der Waals surface area (Å²) in [7, 11) is 1.61. The van der Waals surface area contributed by atoms with E-state index in [0.29, 0.717) is 0 Å². The van der Waals surface area contributed by atoms with Crippen molar-refractivity contribution in [1.29, 1.82) is 0 Å². The minimum absolute atomic E-state index is 0.159. The number of carbonyl (C=O) groups excluding carboxylic acids is 1. The van der Waals surface area contributed by atoms with Gasteiger partial charge in [0.25, 0.3) is 0 Å². The van der Waals surface area contributed by atoms with Crippen molar-refractivity contribution in [2.75, 3.05) is 13.7 Å². The van der Waals surface area contributed by atoms with Gasteiger partial charge in [0.1, 0.15) is 12.3 Å². The van der Waals surface area contributed by atoms with Gasteiger partial charge in [0.05, 0.1) is 18.7 Å². The maximum Gasteiger partial charge on any atom is 0.240 e. The van der Waals surface area contributed by atoms with Gasteiger partial charge in [-0.1, -0.05) is 42.5 Å². The molecule has 124 valence electrons. The van der Waals surface area contributed by atoms with Crippen LogP contribution in [-0.2, 0) is 11.3 Å². The second-order valence-electron chi connectivity index (χ2n) is 5.57. The molecule has 0 radical (unpaired) electrons. The highest BCUT2D eigenvalue weighted by Gasteiger charge is 2.12. The maximum atomic E-state index is 12.2. The van der Waals surface area contributed by atoms with Gasteiger partial charge in [0.2, 0.25) is 5.91 Å². The van der Waals surface area contributed by atoms with Crippen LogP contribution >= 0.6 is 0 Å². The number of fused-ring (bicyclic) bond motifs is 1. The minimum Gasteiger partial charge on any atom is -0.495 e. The van der Waals surface area contributed by atoms with Crippen molar-refractivity contribution < 1.29 is 14.6 Å². The number of para-hydroxylation sites is 1. The minimum atomic E-state index is -0.717. The zero-order valence-corrected chi connectivity index (χ0v) is 13.5. The molecule has 1 aromatic heterocycles. The molecule has 0 spiro atoms. The molecular formula is C19H20N2O3. The molecule has 0 aliphatic rings. The number of hydrogen-bond acceptors (Lipinski definition) is 3. The molecule has 1 unspecified atom stereocenters. The molecule has 2 N–H and O–H groups in total. The van der Waals surface area contributed by atoms with E-state index in [2.05, 4.69) is 5.32 Å². The fourth-order valence-corrected chi connectivity index (χ4v) is 2.74. The van der Waals surface area contributed by atoms with Crippen LogP contribution in [0.15, 0.2) is 60.8 Å². The lowest BCUT2D eigenvalue weighted by molar-refractivity contribution is -0.122. The molecule has 0 saturated heterocycles. The first kappa shape index (κ1) is 16.1. The summed E-state index contributed by atoms with van der Waals surface area (Å²) >= 11 is 0. The Hall–Kier alpha value is -2.79. The predicted octanol–water partition coefficient (Wildman–Crippen LogP) is 2.50. The number of methoxy groups -OCH3 is 1. The van der Waals surface area contributed by atoms with Crippen molar-refractivity contribution in [2.45, 2.75) is 12.6 Å². The SMILES string of the molecule is COc1cccc2ccn(CC(=O)NCC(O)c3ccccc3)c12. The van der Waals surface area contributed by atoms with E-state index >= 15 is 0 Å². The van der Waals surface area contributed by atoms with Gasteiger partial charge in [-0.3, -0.25) is 4.79 Å². The predicted molar refractivity (Wildman–Crippen MR) is 92.9 cm³/mol. The summed E-state index contributed by atoms with van der Waals surface area (Å²) in [6.07, 6.45) is 1.14. The average molecular weight is 324 g/mol. The van der Waals surface area contributed by atoms with Gasteiger partial charge >= 0.3 is 0 Å². The largest absolute Gasteiger partial charge is 0.495 e. The number of rotatable bonds is 6. The van der Waals surface area contributed by atoms with Crippen LogP contribution in [-0.4, -0.2) is 29.2 Å². The van der Waals surface area contributed by atoms with Crippen LogP contribution in [0.2, 0.25) is 0 Å². The third kappa shape index (κ3) is 3.41. The van der Waals surface area contributed by atoms with Crippen LogP contribution in [0.25, 0.3) is 10.9 Å². The topological polar surface area (TPSA) is 63.5 Å². The van der Waals surface area contributed by atoms with Crippen molar-refractivity contribution in [1.82, 2.24) is 9.88 Å². The molecule has 1 amide bonds. The molecule has 2 aromatic carbocycles. The van der Waals surface area contributed by atoms with Gasteiger partial charge in [-0.2, -0.15) is 0 Å². The van der Waals surface area contributed by atoms with Crippen LogP contribution in [0.4, 0.5) is 0 Å². The number of aliphatic hydroxyl groups is 1. The van der Waals surface area contributed by atoms with Gasteiger partial charge in [0.15, 0.2) is 0 Å². The van der Waals surface area contributed by atoms with Crippen molar-refractivity contribution in [3.63, 3.8) is 0 Å². The fourth-order valence-electron chi connectivity index (χ4n) is 2.74. The average Bonchev–Trinajstić information content (AvgIpc) is 3.03. The van der Waals surface area contributed by atoms with Crippen LogP contribution in [0, 0.1) is 0 Å². The quantitative estimate of drug-likeness (QED) is 0.732. The highest BCUT2D eigenvalue weighted by Crippen LogP contribution is 2.26. The molecule has 0 fully saturated rings. The van der Waals surface area contributed by atoms with E-state index in [1.165, 1.54) is 0 Å². The van der Waals surface area contributed by atoms with Crippen molar-refractivity contribution in [3.05, 3.63) is 66.4 Å². The molecule has 0 saturated carbocycles. The Bertz CT molecular complexity index is 827. The number of ether oxygens (including phenoxy) is 1. The number of hydrogen-bond donors (Lipinski definition) is 2. The first-order valence-corrected chi connectivity index (χ1v) is 7.80. The number of benzene rings is 2. The summed E-state index contributed by atoms with van der Waals surface area (Å²) in [5, 5.41) is 13.9. The lowest BCUT2D eigenvalue weighted by Gasteiger charge is -2.13. The van der Waals surface area contributed by atoms with Gasteiger partial charge in [-0.15, -0.1) is 0 Å². The maximum absolute atomic E-state index is 12.2. The van der Waals surface area contributed by atoms with Gasteiger partial charge in [-0.25, -0.2) is 0 Å². The molecule has 24 heavy (non-hydrogen) atoms. The van der Waals surface area contributed by atoms with Crippen molar-refractivity contribution in [2.24, 2.45) is 0 Å². The Labute approximate surface area is 140 Å². The third-order valence-corrected chi connectivity index (χ3v) is 3.96. The van der Waals surface area contributed by atoms with Crippen molar-refractivity contribution >= 4 is 16.8 Å². The van der Waals surface area contributed by atoms with Gasteiger partial charge in [0, 0.05) is 18.1 Å². The number of amides is 1. The summed E-state index contributed by atoms with van der Waals surface area (Å²) in [4.78, 5) is 12.2. The molecule has 5 nitrogen and oxygen atoms in total. The number of aliphatic hydroxyl groups excluding tert-OH is 1.